The first-order chi connectivity index (χ1) is 13.9. The van der Waals surface area contributed by atoms with Crippen molar-refractivity contribution in [1.29, 1.82) is 0 Å². The fraction of sp³-hybridized carbons (Fsp3) is 0.158. The SMILES string of the molecule is O=C(NNc1ccccc1C(F)(F)F)c1csc(-c2ccc3c(c2)OCCO3)n1. The average Bonchev–Trinajstić information content (AvgIpc) is 3.21. The van der Waals surface area contributed by atoms with Gasteiger partial charge in [-0.05, 0) is 30.3 Å². The number of aromatic nitrogens is 1. The molecule has 0 unspecified atom stereocenters. The van der Waals surface area contributed by atoms with Crippen molar-refractivity contribution in [2.75, 3.05) is 18.6 Å². The van der Waals surface area contributed by atoms with Gasteiger partial charge in [0.05, 0.1) is 11.3 Å². The maximum Gasteiger partial charge on any atom is 0.418 e. The van der Waals surface area contributed by atoms with Crippen LogP contribution < -0.4 is 20.3 Å². The second kappa shape index (κ2) is 7.63. The molecular weight excluding hydrogens is 407 g/mol. The lowest BCUT2D eigenvalue weighted by Gasteiger charge is -2.18. The van der Waals surface area contributed by atoms with Crippen LogP contribution in [0.4, 0.5) is 18.9 Å². The number of benzene rings is 2. The van der Waals surface area contributed by atoms with Gasteiger partial charge in [-0.3, -0.25) is 15.6 Å². The van der Waals surface area contributed by atoms with Gasteiger partial charge in [-0.25, -0.2) is 4.98 Å². The topological polar surface area (TPSA) is 72.5 Å². The summed E-state index contributed by atoms with van der Waals surface area (Å²) in [6, 6.07) is 10.2. The Hall–Kier alpha value is -3.27. The van der Waals surface area contributed by atoms with Gasteiger partial charge >= 0.3 is 6.18 Å². The minimum absolute atomic E-state index is 0.0804. The summed E-state index contributed by atoms with van der Waals surface area (Å²) in [4.78, 5) is 16.6. The van der Waals surface area contributed by atoms with Gasteiger partial charge in [0.25, 0.3) is 5.91 Å². The van der Waals surface area contributed by atoms with Crippen LogP contribution in [-0.4, -0.2) is 24.1 Å². The van der Waals surface area contributed by atoms with Gasteiger partial charge in [0.15, 0.2) is 11.5 Å². The highest BCUT2D eigenvalue weighted by Gasteiger charge is 2.33. The molecular formula is C19H14F3N3O3S. The molecule has 1 aliphatic heterocycles. The Morgan fingerprint density at radius 1 is 1.07 bits per heavy atom. The molecule has 1 amide bonds. The summed E-state index contributed by atoms with van der Waals surface area (Å²) in [6.07, 6.45) is -4.54. The Balaban J connectivity index is 1.47. The molecule has 10 heteroatoms. The number of nitrogens with one attached hydrogen (secondary N) is 2. The van der Waals surface area contributed by atoms with Crippen LogP contribution in [0.1, 0.15) is 16.1 Å². The predicted octanol–water partition coefficient (Wildman–Crippen LogP) is 4.36. The third kappa shape index (κ3) is 4.11. The fourth-order valence-electron chi connectivity index (χ4n) is 2.71. The summed E-state index contributed by atoms with van der Waals surface area (Å²) in [5, 5.41) is 2.10. The van der Waals surface area contributed by atoms with Crippen molar-refractivity contribution < 1.29 is 27.4 Å². The first-order valence-corrected chi connectivity index (χ1v) is 9.38. The van der Waals surface area contributed by atoms with E-state index in [1.54, 1.807) is 18.2 Å². The molecule has 150 valence electrons. The number of carbonyl (C=O) groups excluding carboxylic acids is 1. The zero-order chi connectivity index (χ0) is 20.4. The minimum Gasteiger partial charge on any atom is -0.486 e. The van der Waals surface area contributed by atoms with E-state index in [0.717, 1.165) is 11.6 Å². The molecule has 0 spiro atoms. The summed E-state index contributed by atoms with van der Waals surface area (Å²) in [5.74, 6) is 0.587. The highest BCUT2D eigenvalue weighted by atomic mass is 32.1. The van der Waals surface area contributed by atoms with Crippen LogP contribution in [0.2, 0.25) is 0 Å². The van der Waals surface area contributed by atoms with Gasteiger partial charge in [-0.2, -0.15) is 13.2 Å². The molecule has 0 radical (unpaired) electrons. The van der Waals surface area contributed by atoms with Gasteiger partial charge in [0.1, 0.15) is 23.9 Å². The summed E-state index contributed by atoms with van der Waals surface area (Å²) < 4.78 is 50.1. The number of thiazole rings is 1. The van der Waals surface area contributed by atoms with Crippen LogP contribution in [0, 0.1) is 0 Å². The largest absolute Gasteiger partial charge is 0.486 e. The number of alkyl halides is 3. The van der Waals surface area contributed by atoms with Crippen molar-refractivity contribution in [2.24, 2.45) is 0 Å². The van der Waals surface area contributed by atoms with Crippen LogP contribution in [-0.2, 0) is 6.18 Å². The lowest BCUT2D eigenvalue weighted by Crippen LogP contribution is -2.30. The molecule has 0 bridgehead atoms. The first kappa shape index (κ1) is 19.1. The Morgan fingerprint density at radius 3 is 2.62 bits per heavy atom. The van der Waals surface area contributed by atoms with Crippen LogP contribution in [0.3, 0.4) is 0 Å². The fourth-order valence-corrected chi connectivity index (χ4v) is 3.51. The third-order valence-electron chi connectivity index (χ3n) is 4.07. The molecule has 3 aromatic rings. The van der Waals surface area contributed by atoms with E-state index in [9.17, 15) is 18.0 Å². The maximum atomic E-state index is 13.0. The molecule has 2 heterocycles. The molecule has 2 N–H and O–H groups in total. The number of nitrogens with zero attached hydrogens (tertiary/aromatic N) is 1. The monoisotopic (exact) mass is 421 g/mol. The van der Waals surface area contributed by atoms with E-state index < -0.39 is 17.6 Å². The second-order valence-electron chi connectivity index (χ2n) is 6.02. The minimum atomic E-state index is -4.54. The van der Waals surface area contributed by atoms with Crippen molar-refractivity contribution >= 4 is 22.9 Å². The Kier molecular flexibility index (Phi) is 5.01. The summed E-state index contributed by atoms with van der Waals surface area (Å²) in [5.41, 5.74) is 4.26. The highest BCUT2D eigenvalue weighted by Crippen LogP contribution is 2.36. The zero-order valence-electron chi connectivity index (χ0n) is 14.7. The van der Waals surface area contributed by atoms with Crippen molar-refractivity contribution in [3.63, 3.8) is 0 Å². The van der Waals surface area contributed by atoms with Crippen LogP contribution in [0.15, 0.2) is 47.8 Å². The lowest BCUT2D eigenvalue weighted by atomic mass is 10.2. The number of hydrazine groups is 1. The summed E-state index contributed by atoms with van der Waals surface area (Å²) in [7, 11) is 0. The third-order valence-corrected chi connectivity index (χ3v) is 4.96. The predicted molar refractivity (Wildman–Crippen MR) is 101 cm³/mol. The lowest BCUT2D eigenvalue weighted by molar-refractivity contribution is -0.137. The van der Waals surface area contributed by atoms with Gasteiger partial charge in [0, 0.05) is 10.9 Å². The average molecular weight is 421 g/mol. The number of anilines is 1. The maximum absolute atomic E-state index is 13.0. The molecule has 0 saturated carbocycles. The van der Waals surface area contributed by atoms with Gasteiger partial charge in [0.2, 0.25) is 0 Å². The molecule has 1 aromatic heterocycles. The number of rotatable bonds is 4. The van der Waals surface area contributed by atoms with E-state index in [4.69, 9.17) is 9.47 Å². The van der Waals surface area contributed by atoms with Crippen molar-refractivity contribution in [1.82, 2.24) is 10.4 Å². The molecule has 0 aliphatic carbocycles. The number of hydrogen-bond donors (Lipinski definition) is 2. The smallest absolute Gasteiger partial charge is 0.418 e. The molecule has 2 aromatic carbocycles. The Bertz CT molecular complexity index is 1050. The second-order valence-corrected chi connectivity index (χ2v) is 6.88. The normalized spacial score (nSPS) is 13.1. The van der Waals surface area contributed by atoms with Gasteiger partial charge in [-0.15, -0.1) is 11.3 Å². The number of carbonyl (C=O) groups is 1. The van der Waals surface area contributed by atoms with E-state index in [0.29, 0.717) is 29.7 Å². The van der Waals surface area contributed by atoms with Gasteiger partial charge in [-0.1, -0.05) is 12.1 Å². The molecule has 1 aliphatic rings. The van der Waals surface area contributed by atoms with Crippen LogP contribution in [0.25, 0.3) is 10.6 Å². The van der Waals surface area contributed by atoms with Gasteiger partial charge < -0.3 is 9.47 Å². The first-order valence-electron chi connectivity index (χ1n) is 8.50. The Labute approximate surface area is 167 Å². The zero-order valence-corrected chi connectivity index (χ0v) is 15.6. The number of hydrogen-bond acceptors (Lipinski definition) is 6. The quantitative estimate of drug-likeness (QED) is 0.613. The molecule has 0 atom stereocenters. The summed E-state index contributed by atoms with van der Waals surface area (Å²) >= 11 is 1.23. The van der Waals surface area contributed by atoms with Crippen LogP contribution >= 0.6 is 11.3 Å². The molecule has 0 saturated heterocycles. The molecule has 6 nitrogen and oxygen atoms in total. The number of amides is 1. The van der Waals surface area contributed by atoms with Crippen molar-refractivity contribution in [2.45, 2.75) is 6.18 Å². The van der Waals surface area contributed by atoms with Crippen molar-refractivity contribution in [3.8, 4) is 22.1 Å². The van der Waals surface area contributed by atoms with E-state index in [1.165, 1.54) is 34.9 Å². The molecule has 4 rings (SSSR count). The van der Waals surface area contributed by atoms with E-state index in [1.807, 2.05) is 0 Å². The Morgan fingerprint density at radius 2 is 1.83 bits per heavy atom. The highest BCUT2D eigenvalue weighted by molar-refractivity contribution is 7.13. The van der Waals surface area contributed by atoms with E-state index >= 15 is 0 Å². The molecule has 29 heavy (non-hydrogen) atoms. The van der Waals surface area contributed by atoms with E-state index in [-0.39, 0.29) is 11.4 Å². The van der Waals surface area contributed by atoms with E-state index in [2.05, 4.69) is 15.8 Å². The van der Waals surface area contributed by atoms with Crippen molar-refractivity contribution in [3.05, 3.63) is 59.1 Å². The standard InChI is InChI=1S/C19H14F3N3O3S/c20-19(21,22)12-3-1-2-4-13(12)24-25-17(26)14-10-29-18(23-14)11-5-6-15-16(9-11)28-8-7-27-15/h1-6,9-10,24H,7-8H2,(H,25,26). The number of ether oxygens (including phenoxy) is 2. The number of halogens is 3. The number of para-hydroxylation sites is 1. The molecule has 0 fully saturated rings. The van der Waals surface area contributed by atoms with Crippen LogP contribution in [0.5, 0.6) is 11.5 Å². The summed E-state index contributed by atoms with van der Waals surface area (Å²) in [6.45, 7) is 0.936. The number of fused-ring (bicyclic) bond motifs is 1.